The molecule has 2 aromatic rings. The van der Waals surface area contributed by atoms with Crippen molar-refractivity contribution in [2.75, 3.05) is 26.9 Å². The Labute approximate surface area is 199 Å². The van der Waals surface area contributed by atoms with Crippen molar-refractivity contribution in [2.24, 2.45) is 5.92 Å². The highest BCUT2D eigenvalue weighted by molar-refractivity contribution is 6.46. The summed E-state index contributed by atoms with van der Waals surface area (Å²) >= 11 is 0. The highest BCUT2D eigenvalue weighted by atomic mass is 16.5. The van der Waals surface area contributed by atoms with Crippen LogP contribution < -0.4 is 9.47 Å². The van der Waals surface area contributed by atoms with Gasteiger partial charge in [0.15, 0.2) is 0 Å². The number of hydrogen-bond acceptors (Lipinski definition) is 6. The van der Waals surface area contributed by atoms with Gasteiger partial charge in [-0.2, -0.15) is 0 Å². The van der Waals surface area contributed by atoms with Crippen LogP contribution in [0.5, 0.6) is 11.5 Å². The van der Waals surface area contributed by atoms with Crippen molar-refractivity contribution < 1.29 is 28.9 Å². The van der Waals surface area contributed by atoms with Crippen LogP contribution in [-0.2, 0) is 14.3 Å². The molecule has 1 N–H and O–H groups in total. The van der Waals surface area contributed by atoms with Gasteiger partial charge in [0.25, 0.3) is 11.7 Å². The van der Waals surface area contributed by atoms with Gasteiger partial charge in [0.1, 0.15) is 17.3 Å². The molecule has 0 saturated carbocycles. The van der Waals surface area contributed by atoms with Gasteiger partial charge in [-0.05, 0) is 60.7 Å². The number of nitrogens with zero attached hydrogens (tertiary/aromatic N) is 1. The molecule has 7 nitrogen and oxygen atoms in total. The Balaban J connectivity index is 1.71. The number of methoxy groups -OCH3 is 1. The lowest BCUT2D eigenvalue weighted by Gasteiger charge is -2.27. The largest absolute Gasteiger partial charge is 0.507 e. The van der Waals surface area contributed by atoms with Gasteiger partial charge in [0, 0.05) is 18.7 Å². The van der Waals surface area contributed by atoms with Gasteiger partial charge in [-0.25, -0.2) is 0 Å². The number of ketones is 1. The van der Waals surface area contributed by atoms with Crippen LogP contribution in [0.25, 0.3) is 5.76 Å². The molecule has 2 fully saturated rings. The summed E-state index contributed by atoms with van der Waals surface area (Å²) in [5, 5.41) is 11.2. The first-order chi connectivity index (χ1) is 16.4. The third-order valence-electron chi connectivity index (χ3n) is 6.11. The first-order valence-corrected chi connectivity index (χ1v) is 11.7. The maximum atomic E-state index is 13.2. The standard InChI is InChI=1S/C27H31NO6/c1-17(2)16-34-21-12-8-19(9-13-21)25(29)23-24(18-6-10-20(32-3)11-7-18)28(27(31)26(23)30)15-22-5-4-14-33-22/h6-13,17,22,24,29H,4-5,14-16H2,1-3H3/b25-23-. The number of benzene rings is 2. The average molecular weight is 466 g/mol. The van der Waals surface area contributed by atoms with Crippen LogP contribution in [0.1, 0.15) is 43.9 Å². The smallest absolute Gasteiger partial charge is 0.295 e. The molecule has 2 saturated heterocycles. The summed E-state index contributed by atoms with van der Waals surface area (Å²) in [5.74, 6) is 0.195. The van der Waals surface area contributed by atoms with Crippen molar-refractivity contribution in [1.29, 1.82) is 0 Å². The van der Waals surface area contributed by atoms with Crippen LogP contribution in [-0.4, -0.2) is 54.7 Å². The normalized spacial score (nSPS) is 21.9. The maximum Gasteiger partial charge on any atom is 0.295 e. The van der Waals surface area contributed by atoms with Crippen LogP contribution in [0, 0.1) is 5.92 Å². The molecule has 2 aromatic carbocycles. The molecule has 7 heteroatoms. The topological polar surface area (TPSA) is 85.3 Å². The lowest BCUT2D eigenvalue weighted by atomic mass is 9.95. The fourth-order valence-electron chi connectivity index (χ4n) is 4.34. The van der Waals surface area contributed by atoms with E-state index in [9.17, 15) is 14.7 Å². The van der Waals surface area contributed by atoms with E-state index >= 15 is 0 Å². The van der Waals surface area contributed by atoms with Gasteiger partial charge in [-0.15, -0.1) is 0 Å². The second-order valence-corrected chi connectivity index (χ2v) is 9.09. The van der Waals surface area contributed by atoms with Crippen LogP contribution in [0.2, 0.25) is 0 Å². The number of rotatable bonds is 8. The fraction of sp³-hybridized carbons (Fsp3) is 0.407. The number of aliphatic hydroxyl groups is 1. The summed E-state index contributed by atoms with van der Waals surface area (Å²) in [6, 6.07) is 13.4. The summed E-state index contributed by atoms with van der Waals surface area (Å²) < 4.78 is 16.7. The van der Waals surface area contributed by atoms with Crippen molar-refractivity contribution in [3.63, 3.8) is 0 Å². The SMILES string of the molecule is COc1ccc(C2/C(=C(/O)c3ccc(OCC(C)C)cc3)C(=O)C(=O)N2CC2CCCO2)cc1. The number of carbonyl (C=O) groups is 2. The number of carbonyl (C=O) groups excluding carboxylic acids is 2. The Bertz CT molecular complexity index is 1050. The summed E-state index contributed by atoms with van der Waals surface area (Å²) in [4.78, 5) is 27.8. The minimum Gasteiger partial charge on any atom is -0.507 e. The Morgan fingerprint density at radius 1 is 1.09 bits per heavy atom. The third kappa shape index (κ3) is 4.94. The summed E-state index contributed by atoms with van der Waals surface area (Å²) in [7, 11) is 1.58. The lowest BCUT2D eigenvalue weighted by molar-refractivity contribution is -0.140. The molecule has 1 amide bonds. The van der Waals surface area contributed by atoms with Gasteiger partial charge in [-0.3, -0.25) is 9.59 Å². The number of likely N-dealkylation sites (tertiary alicyclic amines) is 1. The predicted molar refractivity (Wildman–Crippen MR) is 128 cm³/mol. The molecule has 4 rings (SSSR count). The highest BCUT2D eigenvalue weighted by Gasteiger charge is 2.47. The van der Waals surface area contributed by atoms with E-state index in [1.807, 2.05) is 12.1 Å². The molecule has 0 aromatic heterocycles. The van der Waals surface area contributed by atoms with E-state index in [4.69, 9.17) is 14.2 Å². The summed E-state index contributed by atoms with van der Waals surface area (Å²) in [6.45, 7) is 5.65. The highest BCUT2D eigenvalue weighted by Crippen LogP contribution is 2.40. The monoisotopic (exact) mass is 465 g/mol. The summed E-state index contributed by atoms with van der Waals surface area (Å²) in [5.41, 5.74) is 1.24. The second kappa shape index (κ2) is 10.3. The van der Waals surface area contributed by atoms with Crippen LogP contribution >= 0.6 is 0 Å². The molecule has 2 unspecified atom stereocenters. The Morgan fingerprint density at radius 2 is 1.76 bits per heavy atom. The number of Topliss-reactive ketones (excluding diaryl/α,β-unsaturated/α-hetero) is 1. The van der Waals surface area contributed by atoms with Gasteiger partial charge in [-0.1, -0.05) is 26.0 Å². The molecule has 34 heavy (non-hydrogen) atoms. The zero-order valence-corrected chi connectivity index (χ0v) is 19.8. The van der Waals surface area contributed by atoms with Crippen LogP contribution in [0.15, 0.2) is 54.1 Å². The maximum absolute atomic E-state index is 13.2. The Morgan fingerprint density at radius 3 is 2.35 bits per heavy atom. The molecule has 0 radical (unpaired) electrons. The number of aliphatic hydroxyl groups excluding tert-OH is 1. The van der Waals surface area contributed by atoms with E-state index < -0.39 is 17.7 Å². The molecule has 2 aliphatic heterocycles. The average Bonchev–Trinajstić information content (AvgIpc) is 3.45. The van der Waals surface area contributed by atoms with E-state index in [0.717, 1.165) is 18.4 Å². The fourth-order valence-corrected chi connectivity index (χ4v) is 4.34. The second-order valence-electron chi connectivity index (χ2n) is 9.09. The van der Waals surface area contributed by atoms with Crippen molar-refractivity contribution in [2.45, 2.75) is 38.8 Å². The predicted octanol–water partition coefficient (Wildman–Crippen LogP) is 4.33. The molecule has 2 aliphatic rings. The van der Waals surface area contributed by atoms with Gasteiger partial charge in [0.2, 0.25) is 0 Å². The van der Waals surface area contributed by atoms with Crippen molar-refractivity contribution >= 4 is 17.4 Å². The van der Waals surface area contributed by atoms with Gasteiger partial charge in [0.05, 0.1) is 31.4 Å². The van der Waals surface area contributed by atoms with E-state index in [1.165, 1.54) is 4.90 Å². The minimum atomic E-state index is -0.716. The molecular formula is C27H31NO6. The van der Waals surface area contributed by atoms with E-state index in [0.29, 0.717) is 42.7 Å². The molecule has 0 bridgehead atoms. The minimum absolute atomic E-state index is 0.0732. The van der Waals surface area contributed by atoms with Gasteiger partial charge < -0.3 is 24.2 Å². The lowest BCUT2D eigenvalue weighted by Crippen LogP contribution is -2.36. The van der Waals surface area contributed by atoms with E-state index in [1.54, 1.807) is 43.5 Å². The number of ether oxygens (including phenoxy) is 3. The van der Waals surface area contributed by atoms with Crippen LogP contribution in [0.3, 0.4) is 0 Å². The quantitative estimate of drug-likeness (QED) is 0.355. The Kier molecular flexibility index (Phi) is 7.22. The third-order valence-corrected chi connectivity index (χ3v) is 6.11. The number of amides is 1. The number of hydrogen-bond donors (Lipinski definition) is 1. The molecule has 0 spiro atoms. The van der Waals surface area contributed by atoms with Crippen molar-refractivity contribution in [1.82, 2.24) is 4.90 Å². The first-order valence-electron chi connectivity index (χ1n) is 11.7. The Hall–Kier alpha value is -3.32. The van der Waals surface area contributed by atoms with Crippen molar-refractivity contribution in [3.8, 4) is 11.5 Å². The summed E-state index contributed by atoms with van der Waals surface area (Å²) in [6.07, 6.45) is 1.62. The molecular weight excluding hydrogens is 434 g/mol. The zero-order valence-electron chi connectivity index (χ0n) is 19.8. The first kappa shape index (κ1) is 23.8. The molecule has 0 aliphatic carbocycles. The molecule has 180 valence electrons. The van der Waals surface area contributed by atoms with E-state index in [-0.39, 0.29) is 17.4 Å². The zero-order chi connectivity index (χ0) is 24.2. The van der Waals surface area contributed by atoms with Gasteiger partial charge >= 0.3 is 0 Å². The van der Waals surface area contributed by atoms with Crippen molar-refractivity contribution in [3.05, 3.63) is 65.2 Å². The molecule has 2 heterocycles. The molecule has 2 atom stereocenters. The van der Waals surface area contributed by atoms with E-state index in [2.05, 4.69) is 13.8 Å². The van der Waals surface area contributed by atoms with Crippen LogP contribution in [0.4, 0.5) is 0 Å².